The summed E-state index contributed by atoms with van der Waals surface area (Å²) in [4.78, 5) is 0. The average molecular weight is 264 g/mol. The minimum absolute atomic E-state index is 0.229. The Morgan fingerprint density at radius 3 is 2.50 bits per heavy atom. The van der Waals surface area contributed by atoms with Crippen molar-refractivity contribution in [1.82, 2.24) is 0 Å². The van der Waals surface area contributed by atoms with Crippen LogP contribution in [0.1, 0.15) is 25.0 Å². The summed E-state index contributed by atoms with van der Waals surface area (Å²) in [6, 6.07) is 6.69. The van der Waals surface area contributed by atoms with Crippen molar-refractivity contribution >= 4 is 0 Å². The molecule has 1 N–H and O–H groups in total. The second-order valence-electron chi connectivity index (χ2n) is 3.60. The topological polar surface area (TPSA) is 38.7 Å². The zero-order valence-electron chi connectivity index (χ0n) is 9.91. The summed E-state index contributed by atoms with van der Waals surface area (Å²) in [5, 5.41) is 9.70. The summed E-state index contributed by atoms with van der Waals surface area (Å²) in [6.45, 7) is 0.987. The maximum Gasteiger partial charge on any atom is 0.522 e. The fraction of sp³-hybridized carbons (Fsp3) is 0.500. The highest BCUT2D eigenvalue weighted by Gasteiger charge is 2.28. The first-order valence-corrected chi connectivity index (χ1v) is 5.54. The average Bonchev–Trinajstić information content (AvgIpc) is 2.33. The Morgan fingerprint density at radius 2 is 1.89 bits per heavy atom. The molecule has 1 atom stereocenters. The molecule has 102 valence electrons. The molecule has 18 heavy (non-hydrogen) atoms. The van der Waals surface area contributed by atoms with Crippen LogP contribution in [0.5, 0.6) is 5.75 Å². The molecular weight excluding hydrogens is 249 g/mol. The summed E-state index contributed by atoms with van der Waals surface area (Å²) in [5.74, 6) is 0.373. The Balaban J connectivity index is 2.52. The minimum Gasteiger partial charge on any atom is -0.491 e. The van der Waals surface area contributed by atoms with Gasteiger partial charge in [0.05, 0.1) is 12.7 Å². The van der Waals surface area contributed by atoms with Crippen molar-refractivity contribution in [2.24, 2.45) is 0 Å². The fourth-order valence-corrected chi connectivity index (χ4v) is 1.42. The predicted octanol–water partition coefficient (Wildman–Crippen LogP) is 3.05. The third kappa shape index (κ3) is 4.93. The molecule has 0 bridgehead atoms. The van der Waals surface area contributed by atoms with Gasteiger partial charge in [-0.25, -0.2) is 0 Å². The van der Waals surface area contributed by atoms with E-state index in [1.807, 2.05) is 0 Å². The second kappa shape index (κ2) is 6.61. The second-order valence-corrected chi connectivity index (χ2v) is 3.60. The number of hydrogen-bond acceptors (Lipinski definition) is 3. The lowest BCUT2D eigenvalue weighted by atomic mass is 10.1. The van der Waals surface area contributed by atoms with E-state index in [0.717, 1.165) is 0 Å². The molecule has 3 nitrogen and oxygen atoms in total. The number of rotatable bonds is 6. The van der Waals surface area contributed by atoms with Crippen LogP contribution >= 0.6 is 0 Å². The van der Waals surface area contributed by atoms with E-state index in [1.165, 1.54) is 0 Å². The number of aliphatic hydroxyl groups is 1. The van der Waals surface area contributed by atoms with Crippen LogP contribution in [0.2, 0.25) is 0 Å². The van der Waals surface area contributed by atoms with Crippen LogP contribution in [0, 0.1) is 0 Å². The lowest BCUT2D eigenvalue weighted by Crippen LogP contribution is -2.18. The molecule has 0 fully saturated rings. The maximum atomic E-state index is 11.7. The molecular formula is C12H15F3O3. The molecule has 1 rings (SSSR count). The number of benzene rings is 1. The normalized spacial score (nSPS) is 13.4. The molecule has 0 saturated carbocycles. The van der Waals surface area contributed by atoms with Crippen LogP contribution in [0.15, 0.2) is 24.3 Å². The zero-order chi connectivity index (χ0) is 13.6. The Morgan fingerprint density at radius 1 is 1.22 bits per heavy atom. The zero-order valence-corrected chi connectivity index (χ0v) is 9.91. The van der Waals surface area contributed by atoms with Crippen LogP contribution < -0.4 is 4.74 Å². The molecule has 0 unspecified atom stereocenters. The first-order valence-electron chi connectivity index (χ1n) is 5.54. The highest BCUT2D eigenvalue weighted by molar-refractivity contribution is 5.34. The van der Waals surface area contributed by atoms with Gasteiger partial charge in [0.1, 0.15) is 12.4 Å². The van der Waals surface area contributed by atoms with Gasteiger partial charge >= 0.3 is 6.36 Å². The highest BCUT2D eigenvalue weighted by Crippen LogP contribution is 2.26. The summed E-state index contributed by atoms with van der Waals surface area (Å²) in [5.41, 5.74) is 0.562. The maximum absolute atomic E-state index is 11.7. The van der Waals surface area contributed by atoms with Crippen molar-refractivity contribution in [3.05, 3.63) is 29.8 Å². The lowest BCUT2D eigenvalue weighted by molar-refractivity contribution is -0.325. The number of hydrogen-bond donors (Lipinski definition) is 1. The van der Waals surface area contributed by atoms with E-state index in [4.69, 9.17) is 4.74 Å². The third-order valence-corrected chi connectivity index (χ3v) is 2.27. The number of para-hydroxylation sites is 1. The molecule has 0 aromatic heterocycles. The molecule has 1 aromatic rings. The van der Waals surface area contributed by atoms with Crippen molar-refractivity contribution in [3.63, 3.8) is 0 Å². The van der Waals surface area contributed by atoms with Crippen LogP contribution in [-0.2, 0) is 4.74 Å². The van der Waals surface area contributed by atoms with Crippen molar-refractivity contribution in [2.45, 2.75) is 25.8 Å². The molecule has 0 radical (unpaired) electrons. The van der Waals surface area contributed by atoms with E-state index in [2.05, 4.69) is 4.74 Å². The monoisotopic (exact) mass is 264 g/mol. The van der Waals surface area contributed by atoms with Gasteiger partial charge in [-0.1, -0.05) is 25.1 Å². The number of aliphatic hydroxyl groups excluding tert-OH is 1. The van der Waals surface area contributed by atoms with Crippen LogP contribution in [0.3, 0.4) is 0 Å². The van der Waals surface area contributed by atoms with E-state index in [1.54, 1.807) is 31.2 Å². The molecule has 0 heterocycles. The van der Waals surface area contributed by atoms with E-state index < -0.39 is 19.1 Å². The van der Waals surface area contributed by atoms with Crippen LogP contribution in [0.4, 0.5) is 13.2 Å². The summed E-state index contributed by atoms with van der Waals surface area (Å²) >= 11 is 0. The summed E-state index contributed by atoms with van der Waals surface area (Å²) < 4.78 is 43.9. The molecule has 0 amide bonds. The van der Waals surface area contributed by atoms with Crippen molar-refractivity contribution < 1.29 is 27.8 Å². The van der Waals surface area contributed by atoms with Gasteiger partial charge in [0.15, 0.2) is 0 Å². The Kier molecular flexibility index (Phi) is 5.43. The molecule has 0 aliphatic heterocycles. The van der Waals surface area contributed by atoms with Gasteiger partial charge < -0.3 is 9.84 Å². The van der Waals surface area contributed by atoms with Crippen LogP contribution in [-0.4, -0.2) is 24.7 Å². The predicted molar refractivity (Wildman–Crippen MR) is 59.2 cm³/mol. The molecule has 0 aliphatic carbocycles. The van der Waals surface area contributed by atoms with Gasteiger partial charge in [-0.05, 0) is 12.5 Å². The quantitative estimate of drug-likeness (QED) is 0.802. The highest BCUT2D eigenvalue weighted by atomic mass is 19.4. The lowest BCUT2D eigenvalue weighted by Gasteiger charge is -2.15. The Bertz CT molecular complexity index is 366. The number of ether oxygens (including phenoxy) is 2. The van der Waals surface area contributed by atoms with Gasteiger partial charge in [-0.2, -0.15) is 0 Å². The van der Waals surface area contributed by atoms with E-state index in [0.29, 0.717) is 17.7 Å². The van der Waals surface area contributed by atoms with Crippen molar-refractivity contribution in [1.29, 1.82) is 0 Å². The standard InChI is InChI=1S/C12H15F3O3/c1-2-10(16)9-5-3-4-6-11(9)17-7-8-18-12(13,14)15/h3-6,10,16H,2,7-8H2,1H3/t10-/m1/s1. The van der Waals surface area contributed by atoms with Gasteiger partial charge in [-0.3, -0.25) is 4.74 Å². The fourth-order valence-electron chi connectivity index (χ4n) is 1.42. The van der Waals surface area contributed by atoms with Gasteiger partial charge in [0.2, 0.25) is 0 Å². The van der Waals surface area contributed by atoms with E-state index in [9.17, 15) is 18.3 Å². The van der Waals surface area contributed by atoms with Crippen molar-refractivity contribution in [3.8, 4) is 5.75 Å². The van der Waals surface area contributed by atoms with E-state index >= 15 is 0 Å². The summed E-state index contributed by atoms with van der Waals surface area (Å²) in [6.07, 6.45) is -4.84. The van der Waals surface area contributed by atoms with E-state index in [-0.39, 0.29) is 6.61 Å². The third-order valence-electron chi connectivity index (χ3n) is 2.27. The van der Waals surface area contributed by atoms with Gasteiger partial charge in [-0.15, -0.1) is 13.2 Å². The van der Waals surface area contributed by atoms with Gasteiger partial charge in [0, 0.05) is 5.56 Å². The number of alkyl halides is 3. The smallest absolute Gasteiger partial charge is 0.491 e. The molecule has 0 saturated heterocycles. The molecule has 6 heteroatoms. The first-order chi connectivity index (χ1) is 8.44. The van der Waals surface area contributed by atoms with Crippen LogP contribution in [0.25, 0.3) is 0 Å². The summed E-state index contributed by atoms with van der Waals surface area (Å²) in [7, 11) is 0. The Labute approximate surface area is 103 Å². The number of halogens is 3. The SMILES string of the molecule is CC[C@@H](O)c1ccccc1OCCOC(F)(F)F. The van der Waals surface area contributed by atoms with Crippen molar-refractivity contribution in [2.75, 3.05) is 13.2 Å². The first kappa shape index (κ1) is 14.8. The Hall–Kier alpha value is -1.27. The molecule has 1 aromatic carbocycles. The molecule has 0 spiro atoms. The largest absolute Gasteiger partial charge is 0.522 e. The molecule has 0 aliphatic rings. The van der Waals surface area contributed by atoms with Gasteiger partial charge in [0.25, 0.3) is 0 Å². The minimum atomic E-state index is -4.65.